The van der Waals surface area contributed by atoms with Gasteiger partial charge in [-0.25, -0.2) is 0 Å². The molecule has 1 unspecified atom stereocenters. The molecule has 1 fully saturated rings. The first-order valence-electron chi connectivity index (χ1n) is 6.09. The highest BCUT2D eigenvalue weighted by atomic mass is 16.4. The topological polar surface area (TPSA) is 68.2 Å². The molecule has 3 rings (SSSR count). The Morgan fingerprint density at radius 3 is 2.78 bits per heavy atom. The number of benzene rings is 1. The van der Waals surface area contributed by atoms with E-state index in [1.54, 1.807) is 0 Å². The lowest BCUT2D eigenvalue weighted by atomic mass is 9.86. The van der Waals surface area contributed by atoms with Crippen LogP contribution in [0.1, 0.15) is 18.4 Å². The summed E-state index contributed by atoms with van der Waals surface area (Å²) in [5, 5.41) is 10.3. The predicted octanol–water partition coefficient (Wildman–Crippen LogP) is 1.62. The molecule has 1 heterocycles. The number of hydrogen-bond donors (Lipinski definition) is 2. The van der Waals surface area contributed by atoms with Crippen LogP contribution in [0.25, 0.3) is 10.9 Å². The number of carboxylic acids is 1. The Hall–Kier alpha value is -1.81. The average molecular weight is 244 g/mol. The first-order chi connectivity index (χ1) is 8.56. The lowest BCUT2D eigenvalue weighted by Gasteiger charge is -2.21. The molecular weight excluding hydrogens is 228 g/mol. The Balaban J connectivity index is 2.18. The van der Waals surface area contributed by atoms with E-state index in [1.165, 1.54) is 0 Å². The van der Waals surface area contributed by atoms with Crippen molar-refractivity contribution in [2.75, 3.05) is 0 Å². The molecule has 0 spiro atoms. The van der Waals surface area contributed by atoms with Crippen molar-refractivity contribution in [3.63, 3.8) is 0 Å². The number of rotatable bonds is 3. The van der Waals surface area contributed by atoms with Crippen LogP contribution in [-0.4, -0.2) is 21.7 Å². The maximum atomic E-state index is 11.2. The number of nitrogens with two attached hydrogens (primary N) is 1. The first-order valence-corrected chi connectivity index (χ1v) is 6.09. The second-order valence-electron chi connectivity index (χ2n) is 5.14. The van der Waals surface area contributed by atoms with Gasteiger partial charge >= 0.3 is 5.97 Å². The molecular formula is C14H16N2O2. The Morgan fingerprint density at radius 1 is 1.44 bits per heavy atom. The number of nitrogens with zero attached hydrogens (tertiary/aromatic N) is 1. The smallest absolute Gasteiger partial charge is 0.321 e. The van der Waals surface area contributed by atoms with Gasteiger partial charge in [-0.2, -0.15) is 0 Å². The van der Waals surface area contributed by atoms with Crippen molar-refractivity contribution in [1.29, 1.82) is 0 Å². The standard InChI is InChI=1S/C14H16N2O2/c1-16-8-5-9-10(3-2-4-11(9)16)14(6-7-14)12(15)13(17)18/h2-5,8,12H,6-7,15H2,1H3,(H,17,18). The van der Waals surface area contributed by atoms with E-state index in [9.17, 15) is 4.79 Å². The SMILES string of the molecule is Cn1ccc2c(C3(C(N)C(=O)O)CC3)cccc21. The summed E-state index contributed by atoms with van der Waals surface area (Å²) in [7, 11) is 1.99. The van der Waals surface area contributed by atoms with E-state index in [0.29, 0.717) is 0 Å². The Labute approximate surface area is 105 Å². The Kier molecular flexibility index (Phi) is 2.25. The molecule has 1 aliphatic carbocycles. The van der Waals surface area contributed by atoms with Gasteiger partial charge in [0.05, 0.1) is 0 Å². The van der Waals surface area contributed by atoms with Gasteiger partial charge in [0.2, 0.25) is 0 Å². The quantitative estimate of drug-likeness (QED) is 0.862. The van der Waals surface area contributed by atoms with Crippen molar-refractivity contribution in [2.24, 2.45) is 12.8 Å². The molecule has 4 nitrogen and oxygen atoms in total. The van der Waals surface area contributed by atoms with E-state index >= 15 is 0 Å². The fourth-order valence-corrected chi connectivity index (χ4v) is 2.86. The molecule has 1 aromatic heterocycles. The molecule has 3 N–H and O–H groups in total. The second kappa shape index (κ2) is 3.59. The van der Waals surface area contributed by atoms with Crippen molar-refractivity contribution >= 4 is 16.9 Å². The van der Waals surface area contributed by atoms with Gasteiger partial charge in [0.1, 0.15) is 6.04 Å². The fourth-order valence-electron chi connectivity index (χ4n) is 2.86. The molecule has 18 heavy (non-hydrogen) atoms. The third-order valence-electron chi connectivity index (χ3n) is 4.11. The molecule has 0 aliphatic heterocycles. The molecule has 1 atom stereocenters. The summed E-state index contributed by atoms with van der Waals surface area (Å²) in [6, 6.07) is 7.26. The summed E-state index contributed by atoms with van der Waals surface area (Å²) in [4.78, 5) is 11.2. The molecule has 94 valence electrons. The summed E-state index contributed by atoms with van der Waals surface area (Å²) >= 11 is 0. The number of aryl methyl sites for hydroxylation is 1. The molecule has 0 bridgehead atoms. The number of carbonyl (C=O) groups is 1. The van der Waals surface area contributed by atoms with Gasteiger partial charge in [-0.3, -0.25) is 4.79 Å². The van der Waals surface area contributed by atoms with Crippen LogP contribution in [0, 0.1) is 0 Å². The van der Waals surface area contributed by atoms with E-state index in [4.69, 9.17) is 10.8 Å². The summed E-state index contributed by atoms with van der Waals surface area (Å²) in [6.45, 7) is 0. The van der Waals surface area contributed by atoms with Gasteiger partial charge in [-0.15, -0.1) is 0 Å². The highest BCUT2D eigenvalue weighted by Crippen LogP contribution is 2.52. The first kappa shape index (κ1) is 11.3. The van der Waals surface area contributed by atoms with Gasteiger partial charge in [-0.1, -0.05) is 12.1 Å². The normalized spacial score (nSPS) is 18.8. The zero-order chi connectivity index (χ0) is 12.9. The zero-order valence-corrected chi connectivity index (χ0v) is 10.3. The number of fused-ring (bicyclic) bond motifs is 1. The van der Waals surface area contributed by atoms with E-state index in [0.717, 1.165) is 29.3 Å². The van der Waals surface area contributed by atoms with Crippen LogP contribution >= 0.6 is 0 Å². The van der Waals surface area contributed by atoms with E-state index < -0.39 is 12.0 Å². The fraction of sp³-hybridized carbons (Fsp3) is 0.357. The minimum absolute atomic E-state index is 0.368. The molecule has 1 saturated carbocycles. The Bertz CT molecular complexity index is 626. The average Bonchev–Trinajstić information content (AvgIpc) is 3.08. The third kappa shape index (κ3) is 1.39. The number of hydrogen-bond acceptors (Lipinski definition) is 2. The maximum absolute atomic E-state index is 11.2. The molecule has 0 saturated heterocycles. The van der Waals surface area contributed by atoms with Crippen LogP contribution in [0.5, 0.6) is 0 Å². The van der Waals surface area contributed by atoms with Crippen LogP contribution < -0.4 is 5.73 Å². The van der Waals surface area contributed by atoms with E-state index in [2.05, 4.69) is 0 Å². The molecule has 0 amide bonds. The Morgan fingerprint density at radius 2 is 2.17 bits per heavy atom. The molecule has 4 heteroatoms. The lowest BCUT2D eigenvalue weighted by Crippen LogP contribution is -2.42. The summed E-state index contributed by atoms with van der Waals surface area (Å²) in [5.74, 6) is -0.916. The highest BCUT2D eigenvalue weighted by molar-refractivity contribution is 5.87. The zero-order valence-electron chi connectivity index (χ0n) is 10.3. The summed E-state index contributed by atoms with van der Waals surface area (Å²) in [6.07, 6.45) is 3.71. The molecule has 1 aliphatic rings. The summed E-state index contributed by atoms with van der Waals surface area (Å²) < 4.78 is 2.04. The minimum Gasteiger partial charge on any atom is -0.480 e. The number of aliphatic carboxylic acids is 1. The maximum Gasteiger partial charge on any atom is 0.321 e. The predicted molar refractivity (Wildman–Crippen MR) is 69.4 cm³/mol. The van der Waals surface area contributed by atoms with Gasteiger partial charge in [0, 0.05) is 29.6 Å². The van der Waals surface area contributed by atoms with Crippen molar-refractivity contribution < 1.29 is 9.90 Å². The highest BCUT2D eigenvalue weighted by Gasteiger charge is 2.53. The van der Waals surface area contributed by atoms with Crippen LogP contribution in [0.3, 0.4) is 0 Å². The van der Waals surface area contributed by atoms with Crippen molar-refractivity contribution in [1.82, 2.24) is 4.57 Å². The van der Waals surface area contributed by atoms with Gasteiger partial charge in [0.15, 0.2) is 0 Å². The third-order valence-corrected chi connectivity index (χ3v) is 4.11. The lowest BCUT2D eigenvalue weighted by molar-refractivity contribution is -0.139. The molecule has 1 aromatic carbocycles. The van der Waals surface area contributed by atoms with Gasteiger partial charge in [0.25, 0.3) is 0 Å². The van der Waals surface area contributed by atoms with Crippen molar-refractivity contribution in [3.8, 4) is 0 Å². The largest absolute Gasteiger partial charge is 0.480 e. The van der Waals surface area contributed by atoms with Gasteiger partial charge in [-0.05, 0) is 30.5 Å². The van der Waals surface area contributed by atoms with Crippen molar-refractivity contribution in [3.05, 3.63) is 36.0 Å². The number of aromatic nitrogens is 1. The van der Waals surface area contributed by atoms with Crippen LogP contribution in [0.2, 0.25) is 0 Å². The minimum atomic E-state index is -0.916. The van der Waals surface area contributed by atoms with Crippen LogP contribution in [0.15, 0.2) is 30.5 Å². The molecule has 2 aromatic rings. The van der Waals surface area contributed by atoms with E-state index in [1.807, 2.05) is 42.1 Å². The van der Waals surface area contributed by atoms with Gasteiger partial charge < -0.3 is 15.4 Å². The van der Waals surface area contributed by atoms with E-state index in [-0.39, 0.29) is 5.41 Å². The van der Waals surface area contributed by atoms with Crippen LogP contribution in [-0.2, 0) is 17.3 Å². The summed E-state index contributed by atoms with van der Waals surface area (Å²) in [5.41, 5.74) is 7.71. The number of carboxylic acid groups (broad SMARTS) is 1. The van der Waals surface area contributed by atoms with Crippen LogP contribution in [0.4, 0.5) is 0 Å². The second-order valence-corrected chi connectivity index (χ2v) is 5.14. The monoisotopic (exact) mass is 244 g/mol. The molecule has 0 radical (unpaired) electrons. The van der Waals surface area contributed by atoms with Crippen molar-refractivity contribution in [2.45, 2.75) is 24.3 Å².